The van der Waals surface area contributed by atoms with Crippen molar-refractivity contribution in [3.8, 4) is 17.2 Å². The average molecular weight is 614 g/mol. The van der Waals surface area contributed by atoms with E-state index in [1.165, 1.54) is 36.4 Å². The zero-order chi connectivity index (χ0) is 32.0. The van der Waals surface area contributed by atoms with Crippen molar-refractivity contribution in [1.82, 2.24) is 15.5 Å². The van der Waals surface area contributed by atoms with E-state index in [2.05, 4.69) is 15.9 Å². The fourth-order valence-electron chi connectivity index (χ4n) is 3.38. The molecule has 1 rings (SSSR count). The summed E-state index contributed by atoms with van der Waals surface area (Å²) in [6.07, 6.45) is 3.86. The fraction of sp³-hybridized carbons (Fsp3) is 0.615. The Bertz CT molecular complexity index is 1050. The molecule has 1 N–H and O–H groups in total. The normalized spacial score (nSPS) is 11.7. The van der Waals surface area contributed by atoms with E-state index < -0.39 is 18.7 Å². The lowest BCUT2D eigenvalue weighted by molar-refractivity contribution is -0.710. The molecule has 0 heterocycles. The third kappa shape index (κ3) is 13.8. The van der Waals surface area contributed by atoms with Gasteiger partial charge in [-0.25, -0.2) is 10.3 Å². The summed E-state index contributed by atoms with van der Waals surface area (Å²) in [5.74, 6) is 0.0374. The molecule has 242 valence electrons. The van der Waals surface area contributed by atoms with Crippen LogP contribution in [-0.2, 0) is 24.0 Å². The molecule has 0 fully saturated rings. The zero-order valence-electron chi connectivity index (χ0n) is 25.6. The fourth-order valence-corrected chi connectivity index (χ4v) is 3.38. The van der Waals surface area contributed by atoms with Crippen molar-refractivity contribution in [2.24, 2.45) is 10.4 Å². The number of hydrogen-bond donors (Lipinski definition) is 1. The van der Waals surface area contributed by atoms with Crippen LogP contribution in [0.2, 0.25) is 0 Å². The second-order valence-electron chi connectivity index (χ2n) is 8.40. The summed E-state index contributed by atoms with van der Waals surface area (Å²) in [6, 6.07) is 3.31. The van der Waals surface area contributed by atoms with Gasteiger partial charge in [-0.15, -0.1) is 10.0 Å². The molecule has 1 amide bonds. The molecular weight excluding hydrogens is 570 g/mol. The minimum absolute atomic E-state index is 0.118. The highest BCUT2D eigenvalue weighted by Crippen LogP contribution is 2.39. The maximum Gasteiger partial charge on any atom is 0.308 e. The van der Waals surface area contributed by atoms with Crippen LogP contribution in [0.15, 0.2) is 28.6 Å². The highest BCUT2D eigenvalue weighted by molar-refractivity contribution is 5.91. The Labute approximate surface area is 251 Å². The Morgan fingerprint density at radius 1 is 0.953 bits per heavy atom. The lowest BCUT2D eigenvalue weighted by Crippen LogP contribution is -2.31. The lowest BCUT2D eigenvalue weighted by atomic mass is 10.1. The molecule has 17 heteroatoms. The first kappa shape index (κ1) is 36.5. The summed E-state index contributed by atoms with van der Waals surface area (Å²) < 4.78 is 21.6. The third-order valence-electron chi connectivity index (χ3n) is 5.69. The standard InChI is InChI=1S/C26H43N7O10/c1-7-30(8-2)32(36)27-19-42-28-24(34)15-14-21-17-22(38-5)26(23(18-21)39-6)40-16-12-11-13-25(35)41-20-43-29-33(37)31(9-3)10-4/h14-15,17-18H,7-13,16,19-20H2,1-6H3,(H,28,34)/b15-14+,32-27-,33-29-. The molecule has 43 heavy (non-hydrogen) atoms. The molecule has 0 saturated heterocycles. The first-order valence-corrected chi connectivity index (χ1v) is 13.8. The topological polar surface area (TPSA) is 185 Å². The highest BCUT2D eigenvalue weighted by atomic mass is 16.8. The number of hydrogen-bond acceptors (Lipinski definition) is 12. The molecule has 0 bridgehead atoms. The summed E-state index contributed by atoms with van der Waals surface area (Å²) >= 11 is 0. The van der Waals surface area contributed by atoms with Gasteiger partial charge in [0.25, 0.3) is 12.7 Å². The van der Waals surface area contributed by atoms with E-state index in [0.29, 0.717) is 71.8 Å². The van der Waals surface area contributed by atoms with Gasteiger partial charge in [-0.2, -0.15) is 0 Å². The van der Waals surface area contributed by atoms with Crippen molar-refractivity contribution < 1.29 is 48.2 Å². The molecule has 0 aliphatic rings. The van der Waals surface area contributed by atoms with E-state index in [1.807, 2.05) is 13.8 Å². The van der Waals surface area contributed by atoms with Gasteiger partial charge in [0.1, 0.15) is 0 Å². The van der Waals surface area contributed by atoms with E-state index in [1.54, 1.807) is 26.0 Å². The summed E-state index contributed by atoms with van der Waals surface area (Å²) in [6.45, 7) is 8.58. The third-order valence-corrected chi connectivity index (χ3v) is 5.69. The van der Waals surface area contributed by atoms with Gasteiger partial charge in [0, 0.05) is 22.6 Å². The number of ether oxygens (including phenoxy) is 4. The van der Waals surface area contributed by atoms with Gasteiger partial charge < -0.3 is 34.2 Å². The van der Waals surface area contributed by atoms with Gasteiger partial charge in [-0.1, -0.05) is 0 Å². The Balaban J connectivity index is 2.53. The van der Waals surface area contributed by atoms with Crippen molar-refractivity contribution in [2.75, 3.05) is 60.5 Å². The van der Waals surface area contributed by atoms with Crippen LogP contribution < -0.4 is 19.7 Å². The maximum atomic E-state index is 12.1. The molecule has 1 aromatic carbocycles. The van der Waals surface area contributed by atoms with E-state index in [-0.39, 0.29) is 19.8 Å². The predicted molar refractivity (Wildman–Crippen MR) is 152 cm³/mol. The Hall–Kier alpha value is -4.54. The molecular formula is C26H43N7O10. The van der Waals surface area contributed by atoms with Crippen LogP contribution in [0, 0.1) is 10.4 Å². The van der Waals surface area contributed by atoms with Crippen LogP contribution in [-0.4, -0.2) is 92.4 Å². The first-order chi connectivity index (χ1) is 20.7. The van der Waals surface area contributed by atoms with Crippen molar-refractivity contribution in [3.63, 3.8) is 0 Å². The summed E-state index contributed by atoms with van der Waals surface area (Å²) in [5, 5.41) is 33.1. The van der Waals surface area contributed by atoms with Gasteiger partial charge in [0.15, 0.2) is 11.5 Å². The number of rotatable bonds is 22. The lowest BCUT2D eigenvalue weighted by Gasteiger charge is -2.15. The Kier molecular flexibility index (Phi) is 18.0. The minimum Gasteiger partial charge on any atom is -0.571 e. The molecule has 0 aliphatic heterocycles. The average Bonchev–Trinajstić information content (AvgIpc) is 3.01. The second kappa shape index (κ2) is 21.2. The molecule has 0 unspecified atom stereocenters. The number of carbonyl (C=O) groups is 2. The number of carbonyl (C=O) groups excluding carboxylic acids is 2. The molecule has 0 saturated carbocycles. The number of hydroxylamine groups is 1. The quantitative estimate of drug-likeness (QED) is 0.0384. The van der Waals surface area contributed by atoms with Crippen LogP contribution >= 0.6 is 0 Å². The van der Waals surface area contributed by atoms with Crippen LogP contribution in [0.25, 0.3) is 6.08 Å². The van der Waals surface area contributed by atoms with Crippen LogP contribution in [0.5, 0.6) is 17.2 Å². The summed E-state index contributed by atoms with van der Waals surface area (Å²) in [4.78, 5) is 34.3. The highest BCUT2D eigenvalue weighted by Gasteiger charge is 2.14. The van der Waals surface area contributed by atoms with E-state index in [9.17, 15) is 20.0 Å². The summed E-state index contributed by atoms with van der Waals surface area (Å²) in [7, 11) is 2.93. The number of methoxy groups -OCH3 is 2. The number of unbranched alkanes of at least 4 members (excludes halogenated alkanes) is 1. The van der Waals surface area contributed by atoms with Gasteiger partial charge >= 0.3 is 5.97 Å². The molecule has 1 aromatic rings. The number of benzene rings is 1. The number of nitrogens with zero attached hydrogens (tertiary/aromatic N) is 6. The van der Waals surface area contributed by atoms with Gasteiger partial charge in [0.2, 0.25) is 17.8 Å². The van der Waals surface area contributed by atoms with Crippen molar-refractivity contribution in [1.29, 1.82) is 0 Å². The number of hydrazine groups is 2. The van der Waals surface area contributed by atoms with Crippen molar-refractivity contribution >= 4 is 18.0 Å². The van der Waals surface area contributed by atoms with Crippen LogP contribution in [0.3, 0.4) is 0 Å². The molecule has 0 aliphatic carbocycles. The largest absolute Gasteiger partial charge is 0.571 e. The molecule has 17 nitrogen and oxygen atoms in total. The second-order valence-corrected chi connectivity index (χ2v) is 8.40. The van der Waals surface area contributed by atoms with Crippen molar-refractivity contribution in [3.05, 3.63) is 34.2 Å². The maximum absolute atomic E-state index is 12.1. The smallest absolute Gasteiger partial charge is 0.308 e. The van der Waals surface area contributed by atoms with Gasteiger partial charge in [-0.3, -0.25) is 9.59 Å². The van der Waals surface area contributed by atoms with E-state index in [4.69, 9.17) is 28.6 Å². The monoisotopic (exact) mass is 613 g/mol. The molecule has 0 spiro atoms. The molecule has 0 aromatic heterocycles. The van der Waals surface area contributed by atoms with E-state index in [0.717, 1.165) is 0 Å². The summed E-state index contributed by atoms with van der Waals surface area (Å²) in [5.41, 5.74) is 2.76. The van der Waals surface area contributed by atoms with Gasteiger partial charge in [0.05, 0.1) is 52.0 Å². The number of esters is 1. The van der Waals surface area contributed by atoms with E-state index >= 15 is 0 Å². The Morgan fingerprint density at radius 2 is 1.56 bits per heavy atom. The van der Waals surface area contributed by atoms with Crippen LogP contribution in [0.4, 0.5) is 0 Å². The zero-order valence-corrected chi connectivity index (χ0v) is 25.6. The minimum atomic E-state index is -0.569. The first-order valence-electron chi connectivity index (χ1n) is 13.8. The number of amides is 1. The molecule has 0 radical (unpaired) electrons. The number of nitrogens with one attached hydrogen (secondary N) is 1. The predicted octanol–water partition coefficient (Wildman–Crippen LogP) is 3.14. The Morgan fingerprint density at radius 3 is 2.14 bits per heavy atom. The van der Waals surface area contributed by atoms with Crippen molar-refractivity contribution in [2.45, 2.75) is 47.0 Å². The SMILES string of the molecule is CCN(CC)/[N+]([O-])=N/CONC(=O)/C=C/c1cc(OC)c(OCCCCC(=O)OCO/N=[N+](\[O-])N(CC)CC)c(OC)c1. The molecule has 0 atom stereocenters. The van der Waals surface area contributed by atoms with Crippen LogP contribution in [0.1, 0.15) is 52.5 Å². The van der Waals surface area contributed by atoms with Gasteiger partial charge in [-0.05, 0) is 64.3 Å².